The summed E-state index contributed by atoms with van der Waals surface area (Å²) in [6.45, 7) is 4.53. The highest BCUT2D eigenvalue weighted by molar-refractivity contribution is 5.96. The Morgan fingerprint density at radius 3 is 2.49 bits per heavy atom. The van der Waals surface area contributed by atoms with E-state index in [1.807, 2.05) is 49.4 Å². The van der Waals surface area contributed by atoms with Gasteiger partial charge in [0.2, 0.25) is 5.91 Å². The maximum atomic E-state index is 13.2. The molecule has 1 aromatic heterocycles. The molecule has 0 bridgehead atoms. The number of pyridine rings is 1. The number of amides is 3. The van der Waals surface area contributed by atoms with Crippen LogP contribution < -0.4 is 15.5 Å². The first-order chi connectivity index (χ1) is 17.1. The van der Waals surface area contributed by atoms with Gasteiger partial charge < -0.3 is 15.5 Å². The van der Waals surface area contributed by atoms with Gasteiger partial charge in [0, 0.05) is 26.2 Å². The second kappa shape index (κ2) is 11.3. The lowest BCUT2D eigenvalue weighted by Gasteiger charge is -2.20. The lowest BCUT2D eigenvalue weighted by Crippen LogP contribution is -2.34. The number of hydrogen-bond donors (Lipinski definition) is 2. The molecule has 2 N–H and O–H groups in total. The van der Waals surface area contributed by atoms with Crippen molar-refractivity contribution in [3.05, 3.63) is 89.6 Å². The molecule has 0 unspecified atom stereocenters. The number of carbonyl (C=O) groups is 2. The summed E-state index contributed by atoms with van der Waals surface area (Å²) in [6.07, 6.45) is 2.33. The molecule has 8 heteroatoms. The fourth-order valence-corrected chi connectivity index (χ4v) is 4.05. The number of urea groups is 1. The van der Waals surface area contributed by atoms with Gasteiger partial charge >= 0.3 is 6.03 Å². The Morgan fingerprint density at radius 2 is 1.86 bits per heavy atom. The molecular weight excluding hydrogens is 440 g/mol. The van der Waals surface area contributed by atoms with E-state index in [2.05, 4.69) is 21.7 Å². The van der Waals surface area contributed by atoms with Crippen LogP contribution in [0.15, 0.2) is 72.9 Å². The summed E-state index contributed by atoms with van der Waals surface area (Å²) in [7, 11) is 0. The number of hydrogen-bond acceptors (Lipinski definition) is 5. The summed E-state index contributed by atoms with van der Waals surface area (Å²) < 4.78 is 0. The Labute approximate surface area is 205 Å². The average molecular weight is 469 g/mol. The molecule has 3 aromatic rings. The summed E-state index contributed by atoms with van der Waals surface area (Å²) >= 11 is 0. The standard InChI is InChI=1S/C27H28N6O2/c1-2-32-16-17-33(27(32)35)23-12-13-24(30-19-23)31-26(34)25(22-6-4-3-5-7-22)29-15-14-20-8-10-21(18-28)11-9-20/h3-13,19,25,29H,2,14-17H2,1H3,(H,30,31,34)/t25-/m1/s1. The van der Waals surface area contributed by atoms with Crippen LogP contribution in [0.4, 0.5) is 16.3 Å². The van der Waals surface area contributed by atoms with Crippen molar-refractivity contribution in [2.75, 3.05) is 36.4 Å². The van der Waals surface area contributed by atoms with Gasteiger partial charge in [0.05, 0.1) is 23.5 Å². The monoisotopic (exact) mass is 468 g/mol. The normalized spacial score (nSPS) is 14.0. The molecule has 1 atom stereocenters. The van der Waals surface area contributed by atoms with Gasteiger partial charge in [0.15, 0.2) is 0 Å². The van der Waals surface area contributed by atoms with Crippen molar-refractivity contribution >= 4 is 23.4 Å². The fourth-order valence-electron chi connectivity index (χ4n) is 4.05. The van der Waals surface area contributed by atoms with E-state index in [4.69, 9.17) is 5.26 Å². The van der Waals surface area contributed by atoms with Crippen molar-refractivity contribution in [1.82, 2.24) is 15.2 Å². The molecule has 0 aliphatic carbocycles. The van der Waals surface area contributed by atoms with Gasteiger partial charge in [-0.3, -0.25) is 9.69 Å². The molecule has 2 heterocycles. The van der Waals surface area contributed by atoms with Gasteiger partial charge in [-0.15, -0.1) is 0 Å². The van der Waals surface area contributed by atoms with Crippen LogP contribution in [0.2, 0.25) is 0 Å². The quantitative estimate of drug-likeness (QED) is 0.498. The van der Waals surface area contributed by atoms with Crippen LogP contribution in [0.3, 0.4) is 0 Å². The number of nitrogens with zero attached hydrogens (tertiary/aromatic N) is 4. The number of nitrogens with one attached hydrogen (secondary N) is 2. The lowest BCUT2D eigenvalue weighted by molar-refractivity contribution is -0.118. The van der Waals surface area contributed by atoms with Crippen LogP contribution in [0.1, 0.15) is 29.7 Å². The van der Waals surface area contributed by atoms with E-state index in [0.717, 1.165) is 11.1 Å². The molecule has 3 amide bonds. The third kappa shape index (κ3) is 5.83. The van der Waals surface area contributed by atoms with Crippen LogP contribution in [-0.2, 0) is 11.2 Å². The first-order valence-electron chi connectivity index (χ1n) is 11.7. The largest absolute Gasteiger partial charge is 0.324 e. The zero-order valence-electron chi connectivity index (χ0n) is 19.6. The third-order valence-corrected chi connectivity index (χ3v) is 6.03. The van der Waals surface area contributed by atoms with Crippen LogP contribution in [0.5, 0.6) is 0 Å². The number of nitriles is 1. The molecule has 0 spiro atoms. The average Bonchev–Trinajstić information content (AvgIpc) is 3.28. The second-order valence-electron chi connectivity index (χ2n) is 8.26. The van der Waals surface area contributed by atoms with Crippen LogP contribution >= 0.6 is 0 Å². The van der Waals surface area contributed by atoms with E-state index in [-0.39, 0.29) is 11.9 Å². The van der Waals surface area contributed by atoms with Crippen LogP contribution in [-0.4, -0.2) is 48.0 Å². The number of rotatable bonds is 9. The summed E-state index contributed by atoms with van der Waals surface area (Å²) in [6, 6.07) is 22.0. The molecule has 2 aromatic carbocycles. The van der Waals surface area contributed by atoms with Crippen molar-refractivity contribution in [2.24, 2.45) is 0 Å². The highest BCUT2D eigenvalue weighted by atomic mass is 16.2. The highest BCUT2D eigenvalue weighted by Gasteiger charge is 2.28. The van der Waals surface area contributed by atoms with Crippen molar-refractivity contribution < 1.29 is 9.59 Å². The minimum Gasteiger partial charge on any atom is -0.323 e. The molecule has 8 nitrogen and oxygen atoms in total. The molecule has 1 aliphatic rings. The molecule has 1 aliphatic heterocycles. The smallest absolute Gasteiger partial charge is 0.323 e. The Bertz CT molecular complexity index is 1190. The minimum absolute atomic E-state index is 0.0262. The topological polar surface area (TPSA) is 101 Å². The van der Waals surface area contributed by atoms with Gasteiger partial charge in [-0.25, -0.2) is 9.78 Å². The van der Waals surface area contributed by atoms with Crippen LogP contribution in [0.25, 0.3) is 0 Å². The Kier molecular flexibility index (Phi) is 7.70. The van der Waals surface area contributed by atoms with E-state index >= 15 is 0 Å². The summed E-state index contributed by atoms with van der Waals surface area (Å²) in [5.41, 5.74) is 3.27. The zero-order chi connectivity index (χ0) is 24.6. The minimum atomic E-state index is -0.561. The van der Waals surface area contributed by atoms with E-state index in [9.17, 15) is 9.59 Å². The maximum absolute atomic E-state index is 13.2. The van der Waals surface area contributed by atoms with Crippen LogP contribution in [0, 0.1) is 11.3 Å². The Morgan fingerprint density at radius 1 is 1.09 bits per heavy atom. The molecule has 1 saturated heterocycles. The predicted octanol–water partition coefficient (Wildman–Crippen LogP) is 3.73. The van der Waals surface area contributed by atoms with E-state index in [1.165, 1.54) is 0 Å². The molecule has 0 saturated carbocycles. The van der Waals surface area contributed by atoms with Gasteiger partial charge in [0.25, 0.3) is 0 Å². The molecule has 35 heavy (non-hydrogen) atoms. The SMILES string of the molecule is CCN1CCN(c2ccc(NC(=O)[C@H](NCCc3ccc(C#N)cc3)c3ccccc3)nc2)C1=O. The summed E-state index contributed by atoms with van der Waals surface area (Å²) in [5, 5.41) is 15.2. The van der Waals surface area contributed by atoms with E-state index in [0.29, 0.717) is 49.7 Å². The molecule has 0 radical (unpaired) electrons. The highest BCUT2D eigenvalue weighted by Crippen LogP contribution is 2.21. The van der Waals surface area contributed by atoms with E-state index < -0.39 is 6.04 Å². The first kappa shape index (κ1) is 23.9. The van der Waals surface area contributed by atoms with E-state index in [1.54, 1.807) is 40.3 Å². The molecule has 1 fully saturated rings. The molecule has 178 valence electrons. The second-order valence-corrected chi connectivity index (χ2v) is 8.26. The number of aromatic nitrogens is 1. The Balaban J connectivity index is 1.40. The number of benzene rings is 2. The van der Waals surface area contributed by atoms with Gasteiger partial charge in [-0.2, -0.15) is 5.26 Å². The first-order valence-corrected chi connectivity index (χ1v) is 11.7. The summed E-state index contributed by atoms with van der Waals surface area (Å²) in [4.78, 5) is 33.5. The lowest BCUT2D eigenvalue weighted by atomic mass is 10.1. The summed E-state index contributed by atoms with van der Waals surface area (Å²) in [5.74, 6) is 0.207. The fraction of sp³-hybridized carbons (Fsp3) is 0.259. The predicted molar refractivity (Wildman–Crippen MR) is 135 cm³/mol. The number of likely N-dealkylation sites (N-methyl/N-ethyl adjacent to an activating group) is 1. The Hall–Kier alpha value is -4.22. The number of carbonyl (C=O) groups excluding carboxylic acids is 2. The zero-order valence-corrected chi connectivity index (χ0v) is 19.6. The van der Waals surface area contributed by atoms with Gasteiger partial charge in [-0.1, -0.05) is 42.5 Å². The molecule has 4 rings (SSSR count). The molecular formula is C27H28N6O2. The van der Waals surface area contributed by atoms with Gasteiger partial charge in [0.1, 0.15) is 11.9 Å². The van der Waals surface area contributed by atoms with Crippen molar-refractivity contribution in [3.63, 3.8) is 0 Å². The van der Waals surface area contributed by atoms with Crippen molar-refractivity contribution in [1.29, 1.82) is 5.26 Å². The van der Waals surface area contributed by atoms with Gasteiger partial charge in [-0.05, 0) is 48.7 Å². The number of anilines is 2. The van der Waals surface area contributed by atoms with Crippen molar-refractivity contribution in [3.8, 4) is 6.07 Å². The third-order valence-electron chi connectivity index (χ3n) is 6.03. The maximum Gasteiger partial charge on any atom is 0.324 e. The van der Waals surface area contributed by atoms with Crippen molar-refractivity contribution in [2.45, 2.75) is 19.4 Å².